The molecular weight excluding hydrogens is 261 g/mol. The Labute approximate surface area is 113 Å². The number of hydrogen-bond acceptors (Lipinski definition) is 3. The fourth-order valence-electron chi connectivity index (χ4n) is 2.01. The fraction of sp³-hybridized carbons (Fsp3) is 0.0714. The van der Waals surface area contributed by atoms with Crippen molar-refractivity contribution in [2.75, 3.05) is 0 Å². The lowest BCUT2D eigenvalue weighted by atomic mass is 10.1. The van der Waals surface area contributed by atoms with Crippen molar-refractivity contribution in [2.24, 2.45) is 0 Å². The van der Waals surface area contributed by atoms with E-state index in [-0.39, 0.29) is 11.4 Å². The van der Waals surface area contributed by atoms with Gasteiger partial charge in [-0.2, -0.15) is 0 Å². The number of carbonyl (C=O) groups is 1. The Hall–Kier alpha value is -2.76. The van der Waals surface area contributed by atoms with Crippen molar-refractivity contribution in [3.8, 4) is 0 Å². The molecule has 3 rings (SSSR count). The van der Waals surface area contributed by atoms with Gasteiger partial charge in [0.25, 0.3) is 0 Å². The molecule has 0 bridgehead atoms. The van der Waals surface area contributed by atoms with Crippen LogP contribution in [0.3, 0.4) is 0 Å². The van der Waals surface area contributed by atoms with Crippen LogP contribution in [0, 0.1) is 5.82 Å². The Morgan fingerprint density at radius 2 is 2.10 bits per heavy atom. The van der Waals surface area contributed by atoms with Gasteiger partial charge in [0.05, 0.1) is 5.56 Å². The smallest absolute Gasteiger partial charge is 0.337 e. The lowest BCUT2D eigenvalue weighted by Crippen LogP contribution is -2.02. The van der Waals surface area contributed by atoms with Gasteiger partial charge in [0, 0.05) is 12.6 Å². The van der Waals surface area contributed by atoms with E-state index in [1.165, 1.54) is 24.4 Å². The monoisotopic (exact) mass is 271 g/mol. The number of nitrogens with zero attached hydrogens (tertiary/aromatic N) is 3. The zero-order chi connectivity index (χ0) is 14.1. The third-order valence-corrected chi connectivity index (χ3v) is 2.97. The molecule has 20 heavy (non-hydrogen) atoms. The van der Waals surface area contributed by atoms with Crippen LogP contribution in [-0.2, 0) is 6.42 Å². The molecule has 0 saturated carbocycles. The molecule has 0 radical (unpaired) electrons. The summed E-state index contributed by atoms with van der Waals surface area (Å²) >= 11 is 0. The molecule has 0 fully saturated rings. The van der Waals surface area contributed by atoms with Gasteiger partial charge in [-0.3, -0.25) is 4.40 Å². The van der Waals surface area contributed by atoms with Crippen LogP contribution < -0.4 is 0 Å². The number of hydrogen-bond donors (Lipinski definition) is 1. The maximum Gasteiger partial charge on any atom is 0.337 e. The number of fused-ring (bicyclic) bond motifs is 1. The highest BCUT2D eigenvalue weighted by atomic mass is 19.1. The van der Waals surface area contributed by atoms with Gasteiger partial charge in [0.2, 0.25) is 0 Å². The quantitative estimate of drug-likeness (QED) is 0.792. The lowest BCUT2D eigenvalue weighted by molar-refractivity contribution is 0.0696. The molecule has 1 aromatic carbocycles. The number of aromatic nitrogens is 3. The third-order valence-electron chi connectivity index (χ3n) is 2.97. The molecule has 1 N–H and O–H groups in total. The SMILES string of the molecule is O=C(O)c1ccc2nnc(Cc3cccc(F)c3)n2c1. The Bertz CT molecular complexity index is 798. The summed E-state index contributed by atoms with van der Waals surface area (Å²) in [5.41, 5.74) is 1.46. The first-order valence-corrected chi connectivity index (χ1v) is 5.95. The van der Waals surface area contributed by atoms with E-state index in [4.69, 9.17) is 5.11 Å². The van der Waals surface area contributed by atoms with Crippen molar-refractivity contribution < 1.29 is 14.3 Å². The molecule has 0 spiro atoms. The highest BCUT2D eigenvalue weighted by Crippen LogP contribution is 2.12. The van der Waals surface area contributed by atoms with Gasteiger partial charge < -0.3 is 5.11 Å². The summed E-state index contributed by atoms with van der Waals surface area (Å²) in [6, 6.07) is 9.25. The summed E-state index contributed by atoms with van der Waals surface area (Å²) in [5.74, 6) is -0.770. The van der Waals surface area contributed by atoms with Gasteiger partial charge in [-0.05, 0) is 29.8 Å². The Balaban J connectivity index is 2.03. The molecule has 0 atom stereocenters. The average Bonchev–Trinajstić information content (AvgIpc) is 2.81. The minimum Gasteiger partial charge on any atom is -0.478 e. The Morgan fingerprint density at radius 3 is 2.85 bits per heavy atom. The van der Waals surface area contributed by atoms with Gasteiger partial charge in [0.1, 0.15) is 11.6 Å². The van der Waals surface area contributed by atoms with Crippen molar-refractivity contribution in [3.63, 3.8) is 0 Å². The minimum absolute atomic E-state index is 0.151. The second-order valence-electron chi connectivity index (χ2n) is 4.37. The van der Waals surface area contributed by atoms with E-state index in [2.05, 4.69) is 10.2 Å². The molecule has 0 aliphatic heterocycles. The first kappa shape index (κ1) is 12.3. The number of rotatable bonds is 3. The molecule has 0 aliphatic carbocycles. The normalized spacial score (nSPS) is 10.8. The van der Waals surface area contributed by atoms with Gasteiger partial charge in [-0.25, -0.2) is 9.18 Å². The number of carboxylic acids is 1. The Morgan fingerprint density at radius 1 is 1.25 bits per heavy atom. The number of pyridine rings is 1. The summed E-state index contributed by atoms with van der Waals surface area (Å²) in [5, 5.41) is 17.0. The summed E-state index contributed by atoms with van der Waals surface area (Å²) in [6.45, 7) is 0. The van der Waals surface area contributed by atoms with Gasteiger partial charge in [0.15, 0.2) is 5.65 Å². The molecule has 100 valence electrons. The van der Waals surface area contributed by atoms with Crippen molar-refractivity contribution in [2.45, 2.75) is 6.42 Å². The summed E-state index contributed by atoms with van der Waals surface area (Å²) in [6.07, 6.45) is 1.84. The number of halogens is 1. The van der Waals surface area contributed by atoms with E-state index in [9.17, 15) is 9.18 Å². The van der Waals surface area contributed by atoms with E-state index < -0.39 is 5.97 Å². The molecule has 6 heteroatoms. The highest BCUT2D eigenvalue weighted by molar-refractivity contribution is 5.87. The molecular formula is C14H10FN3O2. The van der Waals surface area contributed by atoms with E-state index in [1.54, 1.807) is 22.6 Å². The molecule has 0 saturated heterocycles. The number of aromatic carboxylic acids is 1. The second kappa shape index (κ2) is 4.73. The van der Waals surface area contributed by atoms with Crippen LogP contribution in [0.1, 0.15) is 21.7 Å². The third kappa shape index (κ3) is 2.23. The van der Waals surface area contributed by atoms with Crippen LogP contribution >= 0.6 is 0 Å². The molecule has 0 aliphatic rings. The van der Waals surface area contributed by atoms with E-state index in [0.717, 1.165) is 5.56 Å². The maximum absolute atomic E-state index is 13.2. The first-order valence-electron chi connectivity index (χ1n) is 5.95. The molecule has 3 aromatic rings. The maximum atomic E-state index is 13.2. The van der Waals surface area contributed by atoms with Gasteiger partial charge >= 0.3 is 5.97 Å². The van der Waals surface area contributed by atoms with Crippen molar-refractivity contribution in [1.29, 1.82) is 0 Å². The van der Waals surface area contributed by atoms with E-state index in [1.807, 2.05) is 0 Å². The lowest BCUT2D eigenvalue weighted by Gasteiger charge is -2.02. The standard InChI is InChI=1S/C14H10FN3O2/c15-11-3-1-2-9(6-11)7-13-17-16-12-5-4-10(14(19)20)8-18(12)13/h1-6,8H,7H2,(H,19,20). The van der Waals surface area contributed by atoms with Crippen LogP contribution in [0.2, 0.25) is 0 Å². The van der Waals surface area contributed by atoms with Crippen LogP contribution in [0.15, 0.2) is 42.6 Å². The highest BCUT2D eigenvalue weighted by Gasteiger charge is 2.10. The Kier molecular flexibility index (Phi) is 2.90. The largest absolute Gasteiger partial charge is 0.478 e. The zero-order valence-corrected chi connectivity index (χ0v) is 10.3. The topological polar surface area (TPSA) is 67.5 Å². The predicted octanol–water partition coefficient (Wildman–Crippen LogP) is 2.16. The van der Waals surface area contributed by atoms with Gasteiger partial charge in [-0.1, -0.05) is 12.1 Å². The summed E-state index contributed by atoms with van der Waals surface area (Å²) < 4.78 is 14.8. The molecule has 0 unspecified atom stereocenters. The zero-order valence-electron chi connectivity index (χ0n) is 10.3. The van der Waals surface area contributed by atoms with Gasteiger partial charge in [-0.15, -0.1) is 10.2 Å². The fourth-order valence-corrected chi connectivity index (χ4v) is 2.01. The number of carboxylic acid groups (broad SMARTS) is 1. The van der Waals surface area contributed by atoms with E-state index >= 15 is 0 Å². The van der Waals surface area contributed by atoms with Crippen molar-refractivity contribution >= 4 is 11.6 Å². The van der Waals surface area contributed by atoms with E-state index in [0.29, 0.717) is 17.9 Å². The van der Waals surface area contributed by atoms with Crippen LogP contribution in [0.25, 0.3) is 5.65 Å². The first-order chi connectivity index (χ1) is 9.63. The van der Waals surface area contributed by atoms with Crippen LogP contribution in [0.5, 0.6) is 0 Å². The van der Waals surface area contributed by atoms with Crippen molar-refractivity contribution in [1.82, 2.24) is 14.6 Å². The molecule has 2 heterocycles. The summed E-state index contributed by atoms with van der Waals surface area (Å²) in [4.78, 5) is 11.0. The predicted molar refractivity (Wildman–Crippen MR) is 69.2 cm³/mol. The minimum atomic E-state index is -1.02. The van der Waals surface area contributed by atoms with Crippen LogP contribution in [-0.4, -0.2) is 25.7 Å². The average molecular weight is 271 g/mol. The number of benzene rings is 1. The molecule has 5 nitrogen and oxygen atoms in total. The molecule has 2 aromatic heterocycles. The second-order valence-corrected chi connectivity index (χ2v) is 4.37. The molecule has 0 amide bonds. The van der Waals surface area contributed by atoms with Crippen molar-refractivity contribution in [3.05, 3.63) is 65.4 Å². The van der Waals surface area contributed by atoms with Crippen LogP contribution in [0.4, 0.5) is 4.39 Å². The summed E-state index contributed by atoms with van der Waals surface area (Å²) in [7, 11) is 0.